The van der Waals surface area contributed by atoms with Gasteiger partial charge in [-0.25, -0.2) is 0 Å². The molecule has 0 aromatic rings. The van der Waals surface area contributed by atoms with Crippen LogP contribution in [0.4, 0.5) is 0 Å². The third-order valence-electron chi connectivity index (χ3n) is 4.53. The highest BCUT2D eigenvalue weighted by Gasteiger charge is 2.10. The molecule has 0 aromatic heterocycles. The molecule has 1 radical (unpaired) electrons. The molecule has 2 atom stereocenters. The largest absolute Gasteiger partial charge is 0.0654 e. The van der Waals surface area contributed by atoms with Crippen molar-refractivity contribution in [1.29, 1.82) is 0 Å². The van der Waals surface area contributed by atoms with Crippen molar-refractivity contribution in [2.45, 2.75) is 105 Å². The van der Waals surface area contributed by atoms with Gasteiger partial charge in [0.2, 0.25) is 0 Å². The minimum atomic E-state index is 0.814. The van der Waals surface area contributed by atoms with E-state index in [4.69, 9.17) is 0 Å². The van der Waals surface area contributed by atoms with E-state index < -0.39 is 0 Å². The average molecular weight is 268 g/mol. The second-order valence-corrected chi connectivity index (χ2v) is 6.45. The van der Waals surface area contributed by atoms with E-state index in [1.165, 1.54) is 77.0 Å². The fourth-order valence-electron chi connectivity index (χ4n) is 2.82. The van der Waals surface area contributed by atoms with E-state index in [0.717, 1.165) is 11.8 Å². The van der Waals surface area contributed by atoms with Crippen LogP contribution in [0.15, 0.2) is 0 Å². The summed E-state index contributed by atoms with van der Waals surface area (Å²) < 4.78 is 0. The van der Waals surface area contributed by atoms with Crippen LogP contribution in [0.3, 0.4) is 0 Å². The molecule has 0 nitrogen and oxygen atoms in total. The van der Waals surface area contributed by atoms with Crippen molar-refractivity contribution in [3.8, 4) is 0 Å². The summed E-state index contributed by atoms with van der Waals surface area (Å²) in [5.41, 5.74) is 0. The van der Waals surface area contributed by atoms with Gasteiger partial charge >= 0.3 is 0 Å². The minimum absolute atomic E-state index is 0.814. The third-order valence-corrected chi connectivity index (χ3v) is 4.53. The van der Waals surface area contributed by atoms with Crippen LogP contribution in [0.2, 0.25) is 0 Å². The first-order valence-electron chi connectivity index (χ1n) is 9.04. The average Bonchev–Trinajstić information content (AvgIpc) is 2.43. The lowest BCUT2D eigenvalue weighted by atomic mass is 9.87. The van der Waals surface area contributed by atoms with Gasteiger partial charge < -0.3 is 0 Å². The van der Waals surface area contributed by atoms with Crippen molar-refractivity contribution in [2.24, 2.45) is 11.8 Å². The first-order valence-corrected chi connectivity index (χ1v) is 9.04. The standard InChI is InChI=1S/C19H39/c1-5-8-10-11-13-15-19(14-12-9-6-2)17-16-18(4)7-3/h7,18-19H,5-6,8-17H2,1-4H3. The van der Waals surface area contributed by atoms with Gasteiger partial charge in [-0.15, -0.1) is 0 Å². The summed E-state index contributed by atoms with van der Waals surface area (Å²) in [6, 6.07) is 0. The predicted molar refractivity (Wildman–Crippen MR) is 89.4 cm³/mol. The lowest BCUT2D eigenvalue weighted by Crippen LogP contribution is -2.04. The van der Waals surface area contributed by atoms with Crippen LogP contribution >= 0.6 is 0 Å². The summed E-state index contributed by atoms with van der Waals surface area (Å²) in [5, 5.41) is 0. The summed E-state index contributed by atoms with van der Waals surface area (Å²) in [6.07, 6.45) is 19.7. The first kappa shape index (κ1) is 19.0. The molecule has 0 aromatic carbocycles. The van der Waals surface area contributed by atoms with E-state index in [9.17, 15) is 0 Å². The van der Waals surface area contributed by atoms with Gasteiger partial charge in [0.25, 0.3) is 0 Å². The van der Waals surface area contributed by atoms with Crippen LogP contribution < -0.4 is 0 Å². The van der Waals surface area contributed by atoms with Crippen LogP contribution in [0, 0.1) is 18.3 Å². The van der Waals surface area contributed by atoms with Gasteiger partial charge in [-0.2, -0.15) is 0 Å². The summed E-state index contributed by atoms with van der Waals surface area (Å²) in [7, 11) is 0. The van der Waals surface area contributed by atoms with Crippen LogP contribution in [0.5, 0.6) is 0 Å². The molecule has 0 amide bonds. The fraction of sp³-hybridized carbons (Fsp3) is 0.947. The van der Waals surface area contributed by atoms with E-state index in [1.54, 1.807) is 0 Å². The molecule has 0 heterocycles. The highest BCUT2D eigenvalue weighted by molar-refractivity contribution is 4.69. The Morgan fingerprint density at radius 1 is 0.684 bits per heavy atom. The van der Waals surface area contributed by atoms with Gasteiger partial charge in [0.15, 0.2) is 0 Å². The number of rotatable bonds is 14. The second-order valence-electron chi connectivity index (χ2n) is 6.45. The number of unbranched alkanes of at least 4 members (excludes halogenated alkanes) is 6. The molecule has 0 aliphatic rings. The van der Waals surface area contributed by atoms with Crippen LogP contribution in [-0.2, 0) is 0 Å². The van der Waals surface area contributed by atoms with Gasteiger partial charge in [0.1, 0.15) is 0 Å². The maximum atomic E-state index is 2.37. The smallest absolute Gasteiger partial charge is 0.0389 e. The van der Waals surface area contributed by atoms with Crippen LogP contribution in [0.25, 0.3) is 0 Å². The summed E-state index contributed by atoms with van der Waals surface area (Å²) in [6.45, 7) is 9.19. The SMILES string of the molecule is C[CH]C(C)CCC(CCCCC)CCCCCCC. The summed E-state index contributed by atoms with van der Waals surface area (Å²) in [5.74, 6) is 1.82. The normalized spacial score (nSPS) is 14.5. The highest BCUT2D eigenvalue weighted by atomic mass is 14.2. The van der Waals surface area contributed by atoms with E-state index in [2.05, 4.69) is 34.1 Å². The molecule has 2 unspecified atom stereocenters. The van der Waals surface area contributed by atoms with Crippen molar-refractivity contribution in [3.05, 3.63) is 6.42 Å². The van der Waals surface area contributed by atoms with Crippen LogP contribution in [-0.4, -0.2) is 0 Å². The van der Waals surface area contributed by atoms with Gasteiger partial charge in [0.05, 0.1) is 0 Å². The Labute approximate surface area is 123 Å². The molecule has 0 spiro atoms. The quantitative estimate of drug-likeness (QED) is 0.292. The van der Waals surface area contributed by atoms with E-state index in [-0.39, 0.29) is 0 Å². The van der Waals surface area contributed by atoms with Crippen LogP contribution in [0.1, 0.15) is 105 Å². The van der Waals surface area contributed by atoms with Crippen molar-refractivity contribution < 1.29 is 0 Å². The molecule has 0 bridgehead atoms. The zero-order valence-corrected chi connectivity index (χ0v) is 14.2. The Bertz CT molecular complexity index is 161. The molecule has 0 fully saturated rings. The molecule has 0 aliphatic carbocycles. The maximum Gasteiger partial charge on any atom is -0.0389 e. The first-order chi connectivity index (χ1) is 9.24. The van der Waals surface area contributed by atoms with Crippen molar-refractivity contribution in [1.82, 2.24) is 0 Å². The van der Waals surface area contributed by atoms with Gasteiger partial charge in [-0.3, -0.25) is 0 Å². The molecular formula is C19H39. The molecule has 0 saturated carbocycles. The van der Waals surface area contributed by atoms with Crippen molar-refractivity contribution in [2.75, 3.05) is 0 Å². The monoisotopic (exact) mass is 267 g/mol. The van der Waals surface area contributed by atoms with E-state index >= 15 is 0 Å². The molecule has 0 N–H and O–H groups in total. The Balaban J connectivity index is 3.75. The molecule has 0 aliphatic heterocycles. The summed E-state index contributed by atoms with van der Waals surface area (Å²) >= 11 is 0. The summed E-state index contributed by atoms with van der Waals surface area (Å²) in [4.78, 5) is 0. The zero-order chi connectivity index (χ0) is 14.3. The Kier molecular flexibility index (Phi) is 14.4. The molecule has 19 heavy (non-hydrogen) atoms. The van der Waals surface area contributed by atoms with Gasteiger partial charge in [-0.05, 0) is 18.3 Å². The van der Waals surface area contributed by atoms with E-state index in [0.29, 0.717) is 0 Å². The number of hydrogen-bond donors (Lipinski definition) is 0. The zero-order valence-electron chi connectivity index (χ0n) is 14.2. The molecule has 0 heteroatoms. The van der Waals surface area contributed by atoms with Gasteiger partial charge in [-0.1, -0.05) is 105 Å². The minimum Gasteiger partial charge on any atom is -0.0654 e. The molecule has 0 saturated heterocycles. The second kappa shape index (κ2) is 14.4. The Hall–Kier alpha value is 0. The van der Waals surface area contributed by atoms with Crippen molar-refractivity contribution in [3.63, 3.8) is 0 Å². The lowest BCUT2D eigenvalue weighted by molar-refractivity contribution is 0.357. The topological polar surface area (TPSA) is 0 Å². The molecule has 0 rings (SSSR count). The lowest BCUT2D eigenvalue weighted by Gasteiger charge is -2.18. The molecular weight excluding hydrogens is 228 g/mol. The number of hydrogen-bond acceptors (Lipinski definition) is 0. The third kappa shape index (κ3) is 12.8. The van der Waals surface area contributed by atoms with Gasteiger partial charge in [0, 0.05) is 0 Å². The Morgan fingerprint density at radius 3 is 1.79 bits per heavy atom. The maximum absolute atomic E-state index is 2.37. The highest BCUT2D eigenvalue weighted by Crippen LogP contribution is 2.25. The fourth-order valence-corrected chi connectivity index (χ4v) is 2.82. The van der Waals surface area contributed by atoms with E-state index in [1.807, 2.05) is 0 Å². The predicted octanol–water partition coefficient (Wildman–Crippen LogP) is 7.18. The molecule has 115 valence electrons. The Morgan fingerprint density at radius 2 is 1.21 bits per heavy atom. The van der Waals surface area contributed by atoms with Crippen molar-refractivity contribution >= 4 is 0 Å².